The van der Waals surface area contributed by atoms with Crippen LogP contribution in [0.3, 0.4) is 0 Å². The van der Waals surface area contributed by atoms with Crippen molar-refractivity contribution >= 4 is 5.69 Å². The summed E-state index contributed by atoms with van der Waals surface area (Å²) in [5.74, 6) is -0.846. The summed E-state index contributed by atoms with van der Waals surface area (Å²) in [6.07, 6.45) is 0. The van der Waals surface area contributed by atoms with E-state index in [0.717, 1.165) is 12.1 Å². The van der Waals surface area contributed by atoms with Gasteiger partial charge in [0.05, 0.1) is 11.5 Å². The van der Waals surface area contributed by atoms with E-state index in [1.807, 2.05) is 0 Å². The van der Waals surface area contributed by atoms with Gasteiger partial charge in [-0.25, -0.2) is 0 Å². The molecular weight excluding hydrogens is 215 g/mol. The first kappa shape index (κ1) is 12.5. The van der Waals surface area contributed by atoms with E-state index in [-0.39, 0.29) is 12.6 Å². The number of hydrogen-bond acceptors (Lipinski definition) is 4. The van der Waals surface area contributed by atoms with Crippen LogP contribution in [0.25, 0.3) is 0 Å². The smallest absolute Gasteiger partial charge is 0.304 e. The van der Waals surface area contributed by atoms with Crippen molar-refractivity contribution in [1.29, 1.82) is 0 Å². The van der Waals surface area contributed by atoms with Crippen molar-refractivity contribution in [2.24, 2.45) is 0 Å². The molecule has 6 heteroatoms. The van der Waals surface area contributed by atoms with Crippen LogP contribution in [0.1, 0.15) is 12.5 Å². The number of aliphatic hydroxyl groups is 1. The van der Waals surface area contributed by atoms with Crippen LogP contribution >= 0.6 is 0 Å². The van der Waals surface area contributed by atoms with E-state index in [4.69, 9.17) is 5.11 Å². The molecule has 0 bridgehead atoms. The molecule has 0 heterocycles. The summed E-state index contributed by atoms with van der Waals surface area (Å²) in [6.45, 7) is 2.12. The van der Waals surface area contributed by atoms with E-state index in [9.17, 15) is 14.5 Å². The SMILES string of the molecule is CC(CO)NCc1ccc([N+](=O)[O-])c(F)c1. The van der Waals surface area contributed by atoms with Crippen LogP contribution in [0, 0.1) is 15.9 Å². The van der Waals surface area contributed by atoms with Crippen molar-refractivity contribution < 1.29 is 14.4 Å². The molecule has 0 spiro atoms. The van der Waals surface area contributed by atoms with Crippen molar-refractivity contribution in [2.45, 2.75) is 19.5 Å². The molecule has 0 aromatic heterocycles. The summed E-state index contributed by atoms with van der Waals surface area (Å²) < 4.78 is 13.2. The van der Waals surface area contributed by atoms with Gasteiger partial charge in [-0.2, -0.15) is 4.39 Å². The van der Waals surface area contributed by atoms with Crippen LogP contribution in [0.15, 0.2) is 18.2 Å². The average molecular weight is 228 g/mol. The van der Waals surface area contributed by atoms with Gasteiger partial charge in [0.2, 0.25) is 5.82 Å². The summed E-state index contributed by atoms with van der Waals surface area (Å²) in [5, 5.41) is 22.1. The molecule has 0 saturated heterocycles. The highest BCUT2D eigenvalue weighted by Crippen LogP contribution is 2.17. The third-order valence-electron chi connectivity index (χ3n) is 2.14. The Morgan fingerprint density at radius 1 is 1.62 bits per heavy atom. The lowest BCUT2D eigenvalue weighted by Crippen LogP contribution is -2.28. The highest BCUT2D eigenvalue weighted by atomic mass is 19.1. The Kier molecular flexibility index (Phi) is 4.33. The molecule has 0 amide bonds. The minimum atomic E-state index is -0.846. The molecule has 0 saturated carbocycles. The molecule has 0 aliphatic rings. The second kappa shape index (κ2) is 5.53. The lowest BCUT2D eigenvalue weighted by molar-refractivity contribution is -0.387. The first-order valence-electron chi connectivity index (χ1n) is 4.81. The van der Waals surface area contributed by atoms with Crippen molar-refractivity contribution in [3.8, 4) is 0 Å². The fraction of sp³-hybridized carbons (Fsp3) is 0.400. The number of nitro benzene ring substituents is 1. The number of nitrogens with one attached hydrogen (secondary N) is 1. The Morgan fingerprint density at radius 2 is 2.31 bits per heavy atom. The van der Waals surface area contributed by atoms with Crippen LogP contribution in [0.5, 0.6) is 0 Å². The minimum absolute atomic E-state index is 0.0184. The van der Waals surface area contributed by atoms with Gasteiger partial charge in [0, 0.05) is 18.7 Å². The van der Waals surface area contributed by atoms with Gasteiger partial charge in [0.15, 0.2) is 0 Å². The monoisotopic (exact) mass is 228 g/mol. The van der Waals surface area contributed by atoms with Crippen molar-refractivity contribution in [3.05, 3.63) is 39.7 Å². The molecule has 1 rings (SSSR count). The largest absolute Gasteiger partial charge is 0.395 e. The van der Waals surface area contributed by atoms with Gasteiger partial charge in [-0.15, -0.1) is 0 Å². The van der Waals surface area contributed by atoms with Crippen LogP contribution < -0.4 is 5.32 Å². The summed E-state index contributed by atoms with van der Waals surface area (Å²) in [4.78, 5) is 9.60. The van der Waals surface area contributed by atoms with Gasteiger partial charge in [0.25, 0.3) is 0 Å². The molecule has 1 aromatic carbocycles. The van der Waals surface area contributed by atoms with E-state index < -0.39 is 16.4 Å². The van der Waals surface area contributed by atoms with E-state index in [2.05, 4.69) is 5.32 Å². The Hall–Kier alpha value is -1.53. The molecule has 0 aliphatic heterocycles. The molecule has 88 valence electrons. The standard InChI is InChI=1S/C10H13FN2O3/c1-7(6-14)12-5-8-2-3-10(13(15)16)9(11)4-8/h2-4,7,12,14H,5-6H2,1H3. The number of nitro groups is 1. The normalized spacial score (nSPS) is 12.4. The fourth-order valence-electron chi connectivity index (χ4n) is 1.17. The van der Waals surface area contributed by atoms with E-state index in [1.54, 1.807) is 6.92 Å². The molecule has 1 aromatic rings. The Balaban J connectivity index is 2.70. The van der Waals surface area contributed by atoms with Gasteiger partial charge in [-0.1, -0.05) is 6.07 Å². The highest BCUT2D eigenvalue weighted by molar-refractivity contribution is 5.34. The maximum absolute atomic E-state index is 13.2. The Labute approximate surface area is 92.1 Å². The van der Waals surface area contributed by atoms with Gasteiger partial charge >= 0.3 is 5.69 Å². The Morgan fingerprint density at radius 3 is 2.81 bits per heavy atom. The number of nitrogens with zero attached hydrogens (tertiary/aromatic N) is 1. The summed E-state index contributed by atoms with van der Waals surface area (Å²) in [5.41, 5.74) is 0.0716. The molecule has 0 fully saturated rings. The molecule has 0 radical (unpaired) electrons. The lowest BCUT2D eigenvalue weighted by Gasteiger charge is -2.10. The summed E-state index contributed by atoms with van der Waals surface area (Å²) in [7, 11) is 0. The third kappa shape index (κ3) is 3.25. The number of hydrogen-bond donors (Lipinski definition) is 2. The Bertz CT molecular complexity index is 384. The van der Waals surface area contributed by atoms with Crippen LogP contribution in [0.2, 0.25) is 0 Å². The predicted molar refractivity (Wildman–Crippen MR) is 56.4 cm³/mol. The molecule has 1 unspecified atom stereocenters. The van der Waals surface area contributed by atoms with Gasteiger partial charge in [0.1, 0.15) is 0 Å². The molecule has 16 heavy (non-hydrogen) atoms. The first-order valence-corrected chi connectivity index (χ1v) is 4.81. The lowest BCUT2D eigenvalue weighted by atomic mass is 10.2. The zero-order chi connectivity index (χ0) is 12.1. The van der Waals surface area contributed by atoms with Crippen LogP contribution in [0.4, 0.5) is 10.1 Å². The number of halogens is 1. The minimum Gasteiger partial charge on any atom is -0.395 e. The first-order chi connectivity index (χ1) is 7.54. The molecule has 0 aliphatic carbocycles. The zero-order valence-corrected chi connectivity index (χ0v) is 8.81. The van der Waals surface area contributed by atoms with Gasteiger partial charge < -0.3 is 10.4 Å². The van der Waals surface area contributed by atoms with Crippen molar-refractivity contribution in [3.63, 3.8) is 0 Å². The number of rotatable bonds is 5. The zero-order valence-electron chi connectivity index (χ0n) is 8.81. The van der Waals surface area contributed by atoms with Gasteiger partial charge in [-0.3, -0.25) is 10.1 Å². The fourth-order valence-corrected chi connectivity index (χ4v) is 1.17. The number of benzene rings is 1. The molecule has 5 nitrogen and oxygen atoms in total. The van der Waals surface area contributed by atoms with E-state index in [1.165, 1.54) is 6.07 Å². The molecular formula is C10H13FN2O3. The second-order valence-corrected chi connectivity index (χ2v) is 3.51. The third-order valence-corrected chi connectivity index (χ3v) is 2.14. The molecule has 2 N–H and O–H groups in total. The van der Waals surface area contributed by atoms with Crippen molar-refractivity contribution in [2.75, 3.05) is 6.61 Å². The predicted octanol–water partition coefficient (Wildman–Crippen LogP) is 1.20. The number of aliphatic hydroxyl groups excluding tert-OH is 1. The van der Waals surface area contributed by atoms with Crippen LogP contribution in [-0.4, -0.2) is 22.7 Å². The van der Waals surface area contributed by atoms with Crippen LogP contribution in [-0.2, 0) is 6.54 Å². The van der Waals surface area contributed by atoms with Gasteiger partial charge in [-0.05, 0) is 18.6 Å². The second-order valence-electron chi connectivity index (χ2n) is 3.51. The van der Waals surface area contributed by atoms with E-state index in [0.29, 0.717) is 12.1 Å². The quantitative estimate of drug-likeness (QED) is 0.586. The van der Waals surface area contributed by atoms with Crippen molar-refractivity contribution in [1.82, 2.24) is 5.32 Å². The topological polar surface area (TPSA) is 75.4 Å². The van der Waals surface area contributed by atoms with E-state index >= 15 is 0 Å². The maximum Gasteiger partial charge on any atom is 0.304 e. The maximum atomic E-state index is 13.2. The highest BCUT2D eigenvalue weighted by Gasteiger charge is 2.13. The average Bonchev–Trinajstić information content (AvgIpc) is 2.25. The summed E-state index contributed by atoms with van der Waals surface area (Å²) >= 11 is 0. The summed E-state index contributed by atoms with van der Waals surface area (Å²) in [6, 6.07) is 3.64. The molecule has 1 atom stereocenters.